The Morgan fingerprint density at radius 1 is 1.40 bits per heavy atom. The molecule has 0 heterocycles. The van der Waals surface area contributed by atoms with Gasteiger partial charge in [0.15, 0.2) is 0 Å². The Hall–Kier alpha value is -1.55. The van der Waals surface area contributed by atoms with Gasteiger partial charge in [0.25, 0.3) is 0 Å². The maximum absolute atomic E-state index is 11.2. The molecule has 1 rings (SSSR count). The van der Waals surface area contributed by atoms with Gasteiger partial charge < -0.3 is 4.74 Å². The summed E-state index contributed by atoms with van der Waals surface area (Å²) in [5.41, 5.74) is 5.23. The SMILES string of the molecule is COc1cc(C)c(C)cc1CC(=O)NN. The average Bonchev–Trinajstić information content (AvgIpc) is 2.22. The zero-order chi connectivity index (χ0) is 11.4. The summed E-state index contributed by atoms with van der Waals surface area (Å²) in [6.45, 7) is 4.00. The number of hydrogen-bond acceptors (Lipinski definition) is 3. The molecule has 0 saturated heterocycles. The number of amides is 1. The molecule has 0 aliphatic rings. The standard InChI is InChI=1S/C11H16N2O2/c1-7-4-9(6-11(14)13-12)10(15-3)5-8(7)2/h4-5H,6,12H2,1-3H3,(H,13,14). The first-order valence-electron chi connectivity index (χ1n) is 4.72. The zero-order valence-electron chi connectivity index (χ0n) is 9.26. The molecule has 1 aromatic carbocycles. The van der Waals surface area contributed by atoms with Gasteiger partial charge in [0.2, 0.25) is 5.91 Å². The van der Waals surface area contributed by atoms with Crippen LogP contribution in [0.5, 0.6) is 5.75 Å². The van der Waals surface area contributed by atoms with E-state index in [1.807, 2.05) is 26.0 Å². The van der Waals surface area contributed by atoms with Crippen molar-refractivity contribution in [3.8, 4) is 5.75 Å². The number of hydrazine groups is 1. The van der Waals surface area contributed by atoms with Crippen molar-refractivity contribution >= 4 is 5.91 Å². The van der Waals surface area contributed by atoms with Crippen LogP contribution in [0, 0.1) is 13.8 Å². The predicted octanol–water partition coefficient (Wildman–Crippen LogP) is 0.844. The molecule has 3 N–H and O–H groups in total. The molecule has 4 nitrogen and oxygen atoms in total. The molecular formula is C11H16N2O2. The van der Waals surface area contributed by atoms with Crippen molar-refractivity contribution in [2.75, 3.05) is 7.11 Å². The van der Waals surface area contributed by atoms with Crippen molar-refractivity contribution in [1.29, 1.82) is 0 Å². The number of ether oxygens (including phenoxy) is 1. The van der Waals surface area contributed by atoms with E-state index in [4.69, 9.17) is 10.6 Å². The van der Waals surface area contributed by atoms with E-state index in [2.05, 4.69) is 5.43 Å². The van der Waals surface area contributed by atoms with Crippen molar-refractivity contribution in [3.63, 3.8) is 0 Å². The monoisotopic (exact) mass is 208 g/mol. The van der Waals surface area contributed by atoms with E-state index in [9.17, 15) is 4.79 Å². The van der Waals surface area contributed by atoms with Crippen LogP contribution in [0.2, 0.25) is 0 Å². The molecule has 82 valence electrons. The lowest BCUT2D eigenvalue weighted by Crippen LogP contribution is -2.31. The Morgan fingerprint density at radius 3 is 2.53 bits per heavy atom. The van der Waals surface area contributed by atoms with Gasteiger partial charge in [-0.3, -0.25) is 10.2 Å². The largest absolute Gasteiger partial charge is 0.496 e. The molecule has 0 fully saturated rings. The van der Waals surface area contributed by atoms with Crippen LogP contribution in [-0.4, -0.2) is 13.0 Å². The molecule has 1 aromatic rings. The maximum atomic E-state index is 11.2. The van der Waals surface area contributed by atoms with Gasteiger partial charge in [0.1, 0.15) is 5.75 Å². The van der Waals surface area contributed by atoms with Crippen molar-refractivity contribution in [3.05, 3.63) is 28.8 Å². The molecule has 0 aromatic heterocycles. The van der Waals surface area contributed by atoms with Gasteiger partial charge in [-0.25, -0.2) is 5.84 Å². The van der Waals surface area contributed by atoms with Crippen LogP contribution in [0.3, 0.4) is 0 Å². The van der Waals surface area contributed by atoms with Gasteiger partial charge in [0, 0.05) is 5.56 Å². The molecule has 0 unspecified atom stereocenters. The summed E-state index contributed by atoms with van der Waals surface area (Å²) in [7, 11) is 1.59. The Balaban J connectivity index is 3.05. The summed E-state index contributed by atoms with van der Waals surface area (Å²) in [5.74, 6) is 5.54. The molecule has 0 saturated carbocycles. The molecule has 0 aliphatic carbocycles. The summed E-state index contributed by atoms with van der Waals surface area (Å²) in [4.78, 5) is 11.2. The molecule has 0 radical (unpaired) electrons. The second-order valence-corrected chi connectivity index (χ2v) is 3.49. The molecule has 0 spiro atoms. The first-order valence-corrected chi connectivity index (χ1v) is 4.72. The minimum absolute atomic E-state index is 0.225. The number of aryl methyl sites for hydroxylation is 2. The van der Waals surface area contributed by atoms with E-state index >= 15 is 0 Å². The molecule has 15 heavy (non-hydrogen) atoms. The lowest BCUT2D eigenvalue weighted by Gasteiger charge is -2.11. The van der Waals surface area contributed by atoms with E-state index in [0.717, 1.165) is 22.4 Å². The smallest absolute Gasteiger partial charge is 0.238 e. The van der Waals surface area contributed by atoms with E-state index < -0.39 is 0 Å². The van der Waals surface area contributed by atoms with Crippen LogP contribution in [0.1, 0.15) is 16.7 Å². The number of carbonyl (C=O) groups excluding carboxylic acids is 1. The highest BCUT2D eigenvalue weighted by atomic mass is 16.5. The second kappa shape index (κ2) is 4.79. The summed E-state index contributed by atoms with van der Waals surface area (Å²) in [5, 5.41) is 0. The zero-order valence-corrected chi connectivity index (χ0v) is 9.26. The number of hydrogen-bond donors (Lipinski definition) is 2. The maximum Gasteiger partial charge on any atom is 0.238 e. The lowest BCUT2D eigenvalue weighted by molar-refractivity contribution is -0.120. The molecular weight excluding hydrogens is 192 g/mol. The van der Waals surface area contributed by atoms with Crippen molar-refractivity contribution in [2.24, 2.45) is 5.84 Å². The van der Waals surface area contributed by atoms with Crippen LogP contribution in [0.4, 0.5) is 0 Å². The number of carbonyl (C=O) groups is 1. The molecule has 4 heteroatoms. The summed E-state index contributed by atoms with van der Waals surface area (Å²) < 4.78 is 5.21. The lowest BCUT2D eigenvalue weighted by atomic mass is 10.0. The Labute approximate surface area is 89.4 Å². The highest BCUT2D eigenvalue weighted by Gasteiger charge is 2.09. The number of nitrogens with two attached hydrogens (primary N) is 1. The normalized spacial score (nSPS) is 9.87. The molecule has 0 bridgehead atoms. The summed E-state index contributed by atoms with van der Waals surface area (Å²) >= 11 is 0. The van der Waals surface area contributed by atoms with E-state index in [0.29, 0.717) is 0 Å². The number of rotatable bonds is 3. The Kier molecular flexibility index (Phi) is 3.68. The number of nitrogens with one attached hydrogen (secondary N) is 1. The van der Waals surface area contributed by atoms with Crippen molar-refractivity contribution in [2.45, 2.75) is 20.3 Å². The van der Waals surface area contributed by atoms with Crippen molar-refractivity contribution in [1.82, 2.24) is 5.43 Å². The van der Waals surface area contributed by atoms with E-state index in [1.165, 1.54) is 0 Å². The number of methoxy groups -OCH3 is 1. The minimum atomic E-state index is -0.225. The fourth-order valence-corrected chi connectivity index (χ4v) is 1.40. The van der Waals surface area contributed by atoms with Crippen molar-refractivity contribution < 1.29 is 9.53 Å². The predicted molar refractivity (Wildman–Crippen MR) is 58.5 cm³/mol. The Morgan fingerprint density at radius 2 is 2.00 bits per heavy atom. The fourth-order valence-electron chi connectivity index (χ4n) is 1.40. The summed E-state index contributed by atoms with van der Waals surface area (Å²) in [6.07, 6.45) is 0.237. The second-order valence-electron chi connectivity index (χ2n) is 3.49. The third-order valence-electron chi connectivity index (χ3n) is 2.41. The van der Waals surface area contributed by atoms with Crippen LogP contribution >= 0.6 is 0 Å². The van der Waals surface area contributed by atoms with Gasteiger partial charge in [-0.1, -0.05) is 6.07 Å². The quantitative estimate of drug-likeness (QED) is 0.439. The minimum Gasteiger partial charge on any atom is -0.496 e. The molecule has 0 aliphatic heterocycles. The first kappa shape index (κ1) is 11.5. The van der Waals surface area contributed by atoms with Gasteiger partial charge >= 0.3 is 0 Å². The third-order valence-corrected chi connectivity index (χ3v) is 2.41. The van der Waals surface area contributed by atoms with Gasteiger partial charge in [-0.2, -0.15) is 0 Å². The fraction of sp³-hybridized carbons (Fsp3) is 0.364. The van der Waals surface area contributed by atoms with Crippen LogP contribution in [0.15, 0.2) is 12.1 Å². The first-order chi connectivity index (χ1) is 7.08. The van der Waals surface area contributed by atoms with E-state index in [-0.39, 0.29) is 12.3 Å². The van der Waals surface area contributed by atoms with Gasteiger partial charge in [-0.05, 0) is 31.0 Å². The molecule has 1 amide bonds. The third kappa shape index (κ3) is 2.70. The number of benzene rings is 1. The highest BCUT2D eigenvalue weighted by Crippen LogP contribution is 2.23. The average molecular weight is 208 g/mol. The van der Waals surface area contributed by atoms with Gasteiger partial charge in [0.05, 0.1) is 13.5 Å². The van der Waals surface area contributed by atoms with Crippen LogP contribution in [0.25, 0.3) is 0 Å². The van der Waals surface area contributed by atoms with E-state index in [1.54, 1.807) is 7.11 Å². The summed E-state index contributed by atoms with van der Waals surface area (Å²) in [6, 6.07) is 3.87. The van der Waals surface area contributed by atoms with Crippen LogP contribution < -0.4 is 16.0 Å². The Bertz CT molecular complexity index is 375. The topological polar surface area (TPSA) is 64.3 Å². The van der Waals surface area contributed by atoms with Crippen LogP contribution in [-0.2, 0) is 11.2 Å². The van der Waals surface area contributed by atoms with Gasteiger partial charge in [-0.15, -0.1) is 0 Å². The molecule has 0 atom stereocenters. The highest BCUT2D eigenvalue weighted by molar-refractivity contribution is 5.78.